The lowest BCUT2D eigenvalue weighted by Gasteiger charge is -2.57. The number of hydrogen-bond donors (Lipinski definition) is 14. The van der Waals surface area contributed by atoms with E-state index in [-0.39, 0.29) is 154 Å². The standard InChI is InChI=1S/C96H182N24O3/c1-79(2)46-64(47-80(3,4)105-79)115(65-48-81(5,6)106-82(7,8)49-65)76-43-73(99-118(102-76)121-70-58-91(25,26)111-92(27,28)59-70)97-39-37-41-114(75-45-78(104-120(101-75)123-72-62-95(33,34)113-96(35,36)63-72)117(68-54-87(17,18)109-88(19,20)55-68)69-56-89(21,22)110-90(23,24)57-69)42-38-40-98-74-44-77(103-119(100-74)122-71-60-93(29,30)112-94(31,32)61-71)116(66-50-83(9,10)107-84(11,12)51-66)67-52-85(13,14)108-86(15,16)53-67/h43-45,64-72,97,99,103-113H,37-42,46-63H2,1-36H3,(H,98,100). The first kappa shape index (κ1) is 97.6. The second kappa shape index (κ2) is 34.0. The third kappa shape index (κ3) is 26.9. The monoisotopic (exact) mass is 1720 g/mol. The Hall–Kier alpha value is -4.49. The SMILES string of the molecule is CC1(C)CC(ON2N=C(N(C3CC(C)(C)NC(C)(C)C3)C3CC(C)(C)NC(C)(C)C3)C=C(NCCCN(CCCN=C3C=C(N(C4CC(C)(C)NC(C)(C)C4)C4CC(C)(C)NC(C)(C)C4)NN(OC4CC(C)(C)NC(C)(C)C4)N3)C3=NN(OC4CC(C)(C)NC(C)(C)C4)NC(N(C4CC(C)(C)NC(C)(C)C4)C4CC(C)(C)NC(C)(C)C4)=C3)N2)CC(C)(C)N1. The Morgan fingerprint density at radius 3 is 0.902 bits per heavy atom. The number of hydrogen-bond acceptors (Lipinski definition) is 26. The highest BCUT2D eigenvalue weighted by atomic mass is 16.8. The van der Waals surface area contributed by atoms with E-state index < -0.39 is 0 Å². The van der Waals surface area contributed by atoms with Gasteiger partial charge in [0.1, 0.15) is 23.3 Å². The number of aliphatic imine (C=N–C) groups is 1. The second-order valence-corrected chi connectivity index (χ2v) is 52.7. The van der Waals surface area contributed by atoms with Gasteiger partial charge in [-0.2, -0.15) is 0 Å². The summed E-state index contributed by atoms with van der Waals surface area (Å²) in [6.45, 7) is 87.4. The van der Waals surface area contributed by atoms with Crippen LogP contribution in [-0.4, -0.2) is 233 Å². The van der Waals surface area contributed by atoms with Crippen LogP contribution < -0.4 is 74.9 Å². The fraction of sp³-hybridized carbons (Fsp3) is 0.906. The Bertz CT molecular complexity index is 3630. The zero-order valence-corrected chi connectivity index (χ0v) is 84.6. The summed E-state index contributed by atoms with van der Waals surface area (Å²) in [5.41, 5.74) is 13.0. The highest BCUT2D eigenvalue weighted by Gasteiger charge is 2.54. The minimum Gasteiger partial charge on any atom is -0.370 e. The predicted molar refractivity (Wildman–Crippen MR) is 506 cm³/mol. The zero-order chi connectivity index (χ0) is 90.9. The summed E-state index contributed by atoms with van der Waals surface area (Å²) in [7, 11) is 0. The van der Waals surface area contributed by atoms with Crippen molar-refractivity contribution >= 4 is 17.5 Å². The van der Waals surface area contributed by atoms with Crippen LogP contribution in [0.2, 0.25) is 0 Å². The molecule has 0 aliphatic carbocycles. The van der Waals surface area contributed by atoms with Crippen molar-refractivity contribution in [3.05, 3.63) is 35.7 Å². The number of hydrazine groups is 4. The molecule has 9 fully saturated rings. The highest BCUT2D eigenvalue weighted by molar-refractivity contribution is 5.95. The van der Waals surface area contributed by atoms with Gasteiger partial charge in [-0.15, -0.1) is 10.2 Å². The molecule has 704 valence electrons. The molecule has 0 amide bonds. The molecule has 0 radical (unpaired) electrons. The maximum absolute atomic E-state index is 7.44. The van der Waals surface area contributed by atoms with Crippen molar-refractivity contribution in [1.82, 2.24) is 110 Å². The molecule has 12 heterocycles. The van der Waals surface area contributed by atoms with E-state index in [1.54, 1.807) is 10.6 Å². The summed E-state index contributed by atoms with van der Waals surface area (Å²) in [5, 5.41) is 56.8. The van der Waals surface area contributed by atoms with E-state index in [1.807, 2.05) is 5.28 Å². The molecule has 0 aromatic heterocycles. The largest absolute Gasteiger partial charge is 0.370 e. The van der Waals surface area contributed by atoms with Crippen LogP contribution in [0.25, 0.3) is 0 Å². The number of nitrogens with zero attached hydrogens (tertiary/aromatic N) is 10. The smallest absolute Gasteiger partial charge is 0.157 e. The van der Waals surface area contributed by atoms with Gasteiger partial charge in [0, 0.05) is 180 Å². The van der Waals surface area contributed by atoms with E-state index in [9.17, 15) is 0 Å². The van der Waals surface area contributed by atoms with Gasteiger partial charge in [-0.1, -0.05) is 10.6 Å². The first-order chi connectivity index (χ1) is 55.8. The average molecular weight is 1720 g/mol. The van der Waals surface area contributed by atoms with E-state index in [4.69, 9.17) is 29.7 Å². The average Bonchev–Trinajstić information content (AvgIpc) is 0.759. The maximum atomic E-state index is 7.44. The van der Waals surface area contributed by atoms with Gasteiger partial charge in [0.2, 0.25) is 0 Å². The lowest BCUT2D eigenvalue weighted by atomic mass is 9.75. The third-order valence-corrected chi connectivity index (χ3v) is 27.6. The Labute approximate surface area is 747 Å². The van der Waals surface area contributed by atoms with Crippen molar-refractivity contribution in [2.24, 2.45) is 15.2 Å². The highest BCUT2D eigenvalue weighted by Crippen LogP contribution is 2.46. The van der Waals surface area contributed by atoms with E-state index >= 15 is 0 Å². The van der Waals surface area contributed by atoms with Crippen molar-refractivity contribution in [3.63, 3.8) is 0 Å². The lowest BCUT2D eigenvalue weighted by molar-refractivity contribution is -0.263. The summed E-state index contributed by atoms with van der Waals surface area (Å²) in [4.78, 5) is 38.5. The molecule has 0 bridgehead atoms. The minimum absolute atomic E-state index is 0.0839. The Morgan fingerprint density at radius 2 is 0.577 bits per heavy atom. The van der Waals surface area contributed by atoms with E-state index in [0.717, 1.165) is 163 Å². The molecule has 12 aliphatic heterocycles. The normalized spacial score (nSPS) is 30.0. The van der Waals surface area contributed by atoms with E-state index in [0.29, 0.717) is 26.2 Å². The molecule has 0 aromatic carbocycles. The summed E-state index contributed by atoms with van der Waals surface area (Å²) in [5.74, 6) is 5.43. The molecule has 0 unspecified atom stereocenters. The molecule has 27 heteroatoms. The van der Waals surface area contributed by atoms with Crippen molar-refractivity contribution in [1.29, 1.82) is 0 Å². The van der Waals surface area contributed by atoms with Crippen LogP contribution >= 0.6 is 0 Å². The van der Waals surface area contributed by atoms with Crippen molar-refractivity contribution in [3.8, 4) is 0 Å². The second-order valence-electron chi connectivity index (χ2n) is 52.7. The number of amidine groups is 3. The molecule has 0 saturated carbocycles. The number of piperidine rings is 9. The van der Waals surface area contributed by atoms with Crippen molar-refractivity contribution in [2.75, 3.05) is 26.2 Å². The van der Waals surface area contributed by atoms with E-state index in [1.165, 1.54) is 0 Å². The number of nitrogens with one attached hydrogen (secondary N) is 14. The summed E-state index contributed by atoms with van der Waals surface area (Å²) >= 11 is 0. The molecule has 0 atom stereocenters. The lowest BCUT2D eigenvalue weighted by Crippen LogP contribution is -2.69. The number of hydrazone groups is 2. The summed E-state index contributed by atoms with van der Waals surface area (Å²) in [6, 6.07) is 1.16. The quantitative estimate of drug-likeness (QED) is 0.0424. The molecule has 14 N–H and O–H groups in total. The first-order valence-electron chi connectivity index (χ1n) is 48.2. The molecule has 12 aliphatic rings. The van der Waals surface area contributed by atoms with Gasteiger partial charge in [0.25, 0.3) is 0 Å². The number of rotatable bonds is 23. The van der Waals surface area contributed by atoms with Gasteiger partial charge in [0.05, 0.1) is 18.3 Å². The minimum atomic E-state index is -0.178. The van der Waals surface area contributed by atoms with Crippen LogP contribution in [0.1, 0.15) is 378 Å². The molecule has 0 spiro atoms. The molecule has 9 saturated heterocycles. The topological polar surface area (TPSA) is 256 Å². The van der Waals surface area contributed by atoms with Crippen LogP contribution in [0, 0.1) is 0 Å². The van der Waals surface area contributed by atoms with Crippen LogP contribution in [-0.2, 0) is 14.5 Å². The Morgan fingerprint density at radius 1 is 0.309 bits per heavy atom. The van der Waals surface area contributed by atoms with Crippen LogP contribution in [0.15, 0.2) is 50.9 Å². The molecular formula is C96H182N24O3. The Balaban J connectivity index is 0.947. The van der Waals surface area contributed by atoms with Crippen LogP contribution in [0.5, 0.6) is 0 Å². The molecule has 27 nitrogen and oxygen atoms in total. The molecule has 12 rings (SSSR count). The summed E-state index contributed by atoms with van der Waals surface area (Å²) < 4.78 is 0. The van der Waals surface area contributed by atoms with Gasteiger partial charge in [-0.25, -0.2) is 20.5 Å². The van der Waals surface area contributed by atoms with Crippen molar-refractivity contribution < 1.29 is 14.5 Å². The maximum Gasteiger partial charge on any atom is 0.157 e. The zero-order valence-electron chi connectivity index (χ0n) is 84.6. The Kier molecular flexibility index (Phi) is 27.0. The van der Waals surface area contributed by atoms with Gasteiger partial charge < -0.3 is 72.8 Å². The fourth-order valence-electron chi connectivity index (χ4n) is 27.6. The summed E-state index contributed by atoms with van der Waals surface area (Å²) in [6.07, 6.45) is 24.7. The third-order valence-electron chi connectivity index (χ3n) is 27.6. The van der Waals surface area contributed by atoms with Gasteiger partial charge in [0.15, 0.2) is 11.7 Å². The van der Waals surface area contributed by atoms with Gasteiger partial charge in [-0.3, -0.25) is 20.7 Å². The fourth-order valence-corrected chi connectivity index (χ4v) is 27.6. The van der Waals surface area contributed by atoms with Crippen molar-refractivity contribution in [2.45, 2.75) is 532 Å². The molecule has 0 aromatic rings. The predicted octanol–water partition coefficient (Wildman–Crippen LogP) is 13.7. The van der Waals surface area contributed by atoms with Gasteiger partial charge >= 0.3 is 0 Å². The first-order valence-corrected chi connectivity index (χ1v) is 48.2. The van der Waals surface area contributed by atoms with E-state index in [2.05, 4.69) is 362 Å². The van der Waals surface area contributed by atoms with Crippen LogP contribution in [0.3, 0.4) is 0 Å². The molecule has 123 heavy (non-hydrogen) atoms. The van der Waals surface area contributed by atoms with Gasteiger partial charge in [-0.05, 0) is 383 Å². The van der Waals surface area contributed by atoms with Crippen LogP contribution in [0.4, 0.5) is 0 Å². The molecular weight excluding hydrogens is 1540 g/mol.